The van der Waals surface area contributed by atoms with Crippen molar-refractivity contribution in [2.45, 2.75) is 32.2 Å². The average Bonchev–Trinajstić information content (AvgIpc) is 3.22. The van der Waals surface area contributed by atoms with E-state index in [0.29, 0.717) is 13.2 Å². The standard InChI is InChI=1S/C17H25N5O2/c1-3-7-19-17(23)21-9-6-13(12-21)15-20-14-5-4-8-18-16(14)22(15)10-11-24-2/h4-5,8,13H,3,6-7,9-12H2,1-2H3,(H,19,23)/t13-/m0/s1. The fourth-order valence-corrected chi connectivity index (χ4v) is 3.19. The molecular weight excluding hydrogens is 306 g/mol. The van der Waals surface area contributed by atoms with Crippen LogP contribution in [0.2, 0.25) is 0 Å². The van der Waals surface area contributed by atoms with Crippen molar-refractivity contribution in [1.29, 1.82) is 0 Å². The molecule has 1 saturated heterocycles. The summed E-state index contributed by atoms with van der Waals surface area (Å²) in [6.07, 6.45) is 3.66. The van der Waals surface area contributed by atoms with Gasteiger partial charge in [-0.1, -0.05) is 6.92 Å². The summed E-state index contributed by atoms with van der Waals surface area (Å²) in [5, 5.41) is 2.95. The van der Waals surface area contributed by atoms with Crippen molar-refractivity contribution >= 4 is 17.2 Å². The van der Waals surface area contributed by atoms with Gasteiger partial charge in [-0.2, -0.15) is 0 Å². The first-order chi connectivity index (χ1) is 11.7. The lowest BCUT2D eigenvalue weighted by atomic mass is 10.1. The Balaban J connectivity index is 1.80. The van der Waals surface area contributed by atoms with Gasteiger partial charge in [-0.3, -0.25) is 0 Å². The molecule has 7 heteroatoms. The Labute approximate surface area is 142 Å². The quantitative estimate of drug-likeness (QED) is 0.878. The zero-order valence-corrected chi connectivity index (χ0v) is 14.4. The molecule has 1 aliphatic heterocycles. The summed E-state index contributed by atoms with van der Waals surface area (Å²) in [5.41, 5.74) is 1.79. The Morgan fingerprint density at radius 1 is 1.50 bits per heavy atom. The lowest BCUT2D eigenvalue weighted by Crippen LogP contribution is -2.38. The third-order valence-electron chi connectivity index (χ3n) is 4.42. The number of urea groups is 1. The van der Waals surface area contributed by atoms with Gasteiger partial charge < -0.3 is 19.5 Å². The van der Waals surface area contributed by atoms with Crippen LogP contribution >= 0.6 is 0 Å². The summed E-state index contributed by atoms with van der Waals surface area (Å²) in [6.45, 7) is 5.57. The third kappa shape index (κ3) is 3.36. The van der Waals surface area contributed by atoms with Crippen LogP contribution in [0.1, 0.15) is 31.5 Å². The topological polar surface area (TPSA) is 72.3 Å². The van der Waals surface area contributed by atoms with Gasteiger partial charge in [0.15, 0.2) is 5.65 Å². The maximum atomic E-state index is 12.2. The number of nitrogens with one attached hydrogen (secondary N) is 1. The molecule has 130 valence electrons. The molecule has 0 aliphatic carbocycles. The van der Waals surface area contributed by atoms with Crippen LogP contribution < -0.4 is 5.32 Å². The fraction of sp³-hybridized carbons (Fsp3) is 0.588. The van der Waals surface area contributed by atoms with E-state index in [4.69, 9.17) is 9.72 Å². The van der Waals surface area contributed by atoms with Crippen LogP contribution in [0.15, 0.2) is 18.3 Å². The van der Waals surface area contributed by atoms with Gasteiger partial charge in [-0.25, -0.2) is 14.8 Å². The Kier molecular flexibility index (Phi) is 5.30. The van der Waals surface area contributed by atoms with Crippen LogP contribution in [0.25, 0.3) is 11.2 Å². The lowest BCUT2D eigenvalue weighted by Gasteiger charge is -2.17. The molecule has 2 amide bonds. The zero-order valence-electron chi connectivity index (χ0n) is 14.4. The number of aromatic nitrogens is 3. The van der Waals surface area contributed by atoms with E-state index in [0.717, 1.165) is 49.5 Å². The molecular formula is C17H25N5O2. The molecule has 3 heterocycles. The van der Waals surface area contributed by atoms with E-state index in [-0.39, 0.29) is 11.9 Å². The number of fused-ring (bicyclic) bond motifs is 1. The minimum absolute atomic E-state index is 0.0250. The summed E-state index contributed by atoms with van der Waals surface area (Å²) in [5.74, 6) is 1.25. The first-order valence-corrected chi connectivity index (χ1v) is 8.57. The van der Waals surface area contributed by atoms with E-state index >= 15 is 0 Å². The van der Waals surface area contributed by atoms with Gasteiger partial charge >= 0.3 is 6.03 Å². The van der Waals surface area contributed by atoms with Crippen LogP contribution in [0.3, 0.4) is 0 Å². The van der Waals surface area contributed by atoms with Crippen LogP contribution in [0.5, 0.6) is 0 Å². The third-order valence-corrected chi connectivity index (χ3v) is 4.42. The molecule has 0 radical (unpaired) electrons. The minimum Gasteiger partial charge on any atom is -0.383 e. The number of hydrogen-bond acceptors (Lipinski definition) is 4. The zero-order chi connectivity index (χ0) is 16.9. The molecule has 7 nitrogen and oxygen atoms in total. The van der Waals surface area contributed by atoms with Crippen molar-refractivity contribution < 1.29 is 9.53 Å². The van der Waals surface area contributed by atoms with Gasteiger partial charge in [0.1, 0.15) is 11.3 Å². The van der Waals surface area contributed by atoms with Crippen LogP contribution in [0, 0.1) is 0 Å². The first kappa shape index (κ1) is 16.7. The molecule has 0 bridgehead atoms. The normalized spacial score (nSPS) is 17.6. The highest BCUT2D eigenvalue weighted by Gasteiger charge is 2.31. The monoisotopic (exact) mass is 331 g/mol. The van der Waals surface area contributed by atoms with Gasteiger partial charge in [0.05, 0.1) is 6.61 Å². The number of methoxy groups -OCH3 is 1. The van der Waals surface area contributed by atoms with Gasteiger partial charge in [-0.05, 0) is 25.0 Å². The molecule has 24 heavy (non-hydrogen) atoms. The number of imidazole rings is 1. The summed E-state index contributed by atoms with van der Waals surface area (Å²) in [6, 6.07) is 3.91. The predicted molar refractivity (Wildman–Crippen MR) is 92.0 cm³/mol. The van der Waals surface area contributed by atoms with Gasteiger partial charge in [-0.15, -0.1) is 0 Å². The van der Waals surface area contributed by atoms with Crippen LogP contribution in [0.4, 0.5) is 4.79 Å². The number of hydrogen-bond donors (Lipinski definition) is 1. The number of carbonyl (C=O) groups excluding carboxylic acids is 1. The fourth-order valence-electron chi connectivity index (χ4n) is 3.19. The Morgan fingerprint density at radius 3 is 3.17 bits per heavy atom. The molecule has 1 N–H and O–H groups in total. The number of carbonyl (C=O) groups is 1. The molecule has 2 aromatic heterocycles. The first-order valence-electron chi connectivity index (χ1n) is 8.57. The van der Waals surface area contributed by atoms with Gasteiger partial charge in [0.2, 0.25) is 0 Å². The minimum atomic E-state index is 0.0250. The number of rotatable bonds is 6. The number of amides is 2. The Hall–Kier alpha value is -2.15. The van der Waals surface area contributed by atoms with E-state index in [1.165, 1.54) is 0 Å². The molecule has 3 rings (SSSR count). The van der Waals surface area contributed by atoms with Crippen molar-refractivity contribution in [1.82, 2.24) is 24.8 Å². The van der Waals surface area contributed by atoms with Crippen molar-refractivity contribution in [2.24, 2.45) is 0 Å². The van der Waals surface area contributed by atoms with Crippen molar-refractivity contribution in [3.05, 3.63) is 24.2 Å². The Bertz CT molecular complexity index is 699. The molecule has 1 atom stereocenters. The second kappa shape index (κ2) is 7.61. The van der Waals surface area contributed by atoms with Crippen molar-refractivity contribution in [3.63, 3.8) is 0 Å². The molecule has 0 unspecified atom stereocenters. The number of pyridine rings is 1. The highest BCUT2D eigenvalue weighted by Crippen LogP contribution is 2.29. The number of ether oxygens (including phenoxy) is 1. The summed E-state index contributed by atoms with van der Waals surface area (Å²) < 4.78 is 7.37. The summed E-state index contributed by atoms with van der Waals surface area (Å²) >= 11 is 0. The second-order valence-corrected chi connectivity index (χ2v) is 6.12. The van der Waals surface area contributed by atoms with Crippen molar-refractivity contribution in [2.75, 3.05) is 33.4 Å². The number of nitrogens with zero attached hydrogens (tertiary/aromatic N) is 4. The van der Waals surface area contributed by atoms with Crippen LogP contribution in [-0.2, 0) is 11.3 Å². The smallest absolute Gasteiger partial charge is 0.317 e. The van der Waals surface area contributed by atoms with E-state index < -0.39 is 0 Å². The maximum Gasteiger partial charge on any atom is 0.317 e. The highest BCUT2D eigenvalue weighted by atomic mass is 16.5. The van der Waals surface area contributed by atoms with Crippen LogP contribution in [-0.4, -0.2) is 58.8 Å². The maximum absolute atomic E-state index is 12.2. The highest BCUT2D eigenvalue weighted by molar-refractivity contribution is 5.75. The largest absolute Gasteiger partial charge is 0.383 e. The molecule has 0 aromatic carbocycles. The van der Waals surface area contributed by atoms with Gasteiger partial charge in [0, 0.05) is 45.4 Å². The van der Waals surface area contributed by atoms with E-state index in [1.54, 1.807) is 13.3 Å². The van der Waals surface area contributed by atoms with E-state index in [9.17, 15) is 4.79 Å². The van der Waals surface area contributed by atoms with E-state index in [1.807, 2.05) is 17.0 Å². The predicted octanol–water partition coefficient (Wildman–Crippen LogP) is 1.99. The molecule has 1 aliphatic rings. The molecule has 1 fully saturated rings. The number of likely N-dealkylation sites (tertiary alicyclic amines) is 1. The van der Waals surface area contributed by atoms with Crippen molar-refractivity contribution in [3.8, 4) is 0 Å². The molecule has 0 saturated carbocycles. The van der Waals surface area contributed by atoms with E-state index in [2.05, 4.69) is 21.8 Å². The summed E-state index contributed by atoms with van der Waals surface area (Å²) in [4.78, 5) is 23.3. The summed E-state index contributed by atoms with van der Waals surface area (Å²) in [7, 11) is 1.70. The average molecular weight is 331 g/mol. The molecule has 2 aromatic rings. The second-order valence-electron chi connectivity index (χ2n) is 6.12. The van der Waals surface area contributed by atoms with Gasteiger partial charge in [0.25, 0.3) is 0 Å². The SMILES string of the molecule is CCCNC(=O)N1CC[C@H](c2nc3cccnc3n2CCOC)C1. The molecule has 0 spiro atoms. The Morgan fingerprint density at radius 2 is 2.38 bits per heavy atom. The lowest BCUT2D eigenvalue weighted by molar-refractivity contribution is 0.186.